The third-order valence-corrected chi connectivity index (χ3v) is 3.73. The highest BCUT2D eigenvalue weighted by Crippen LogP contribution is 2.33. The maximum absolute atomic E-state index is 12.3. The van der Waals surface area contributed by atoms with Crippen LogP contribution in [-0.2, 0) is 0 Å². The summed E-state index contributed by atoms with van der Waals surface area (Å²) in [4.78, 5) is 13.7. The standard InChI is InChI=1S/C17H19NO4/c1-18(11-14(19)12-7-8-12)17(20)15-9-10-16(22-15)21-13-5-3-2-4-6-13/h2-6,9-10,12,14,19H,7-8,11H2,1H3. The highest BCUT2D eigenvalue weighted by atomic mass is 16.6. The summed E-state index contributed by atoms with van der Waals surface area (Å²) in [7, 11) is 1.66. The molecule has 1 aromatic heterocycles. The minimum absolute atomic E-state index is 0.205. The summed E-state index contributed by atoms with van der Waals surface area (Å²) in [5.41, 5.74) is 0. The lowest BCUT2D eigenvalue weighted by Crippen LogP contribution is -2.35. The molecule has 1 fully saturated rings. The van der Waals surface area contributed by atoms with E-state index in [0.29, 0.717) is 18.2 Å². The zero-order valence-corrected chi connectivity index (χ0v) is 12.4. The molecule has 1 aliphatic rings. The van der Waals surface area contributed by atoms with E-state index in [4.69, 9.17) is 9.15 Å². The monoisotopic (exact) mass is 301 g/mol. The zero-order chi connectivity index (χ0) is 15.5. The second-order valence-corrected chi connectivity index (χ2v) is 5.62. The molecule has 1 heterocycles. The van der Waals surface area contributed by atoms with E-state index in [1.807, 2.05) is 30.3 Å². The van der Waals surface area contributed by atoms with Crippen molar-refractivity contribution in [2.45, 2.75) is 18.9 Å². The molecule has 3 rings (SSSR count). The molecule has 0 saturated heterocycles. The van der Waals surface area contributed by atoms with Gasteiger partial charge in [0, 0.05) is 19.7 Å². The second kappa shape index (κ2) is 6.23. The molecule has 1 aliphatic carbocycles. The number of aliphatic hydroxyl groups is 1. The third-order valence-electron chi connectivity index (χ3n) is 3.73. The van der Waals surface area contributed by atoms with Gasteiger partial charge in [0.05, 0.1) is 6.10 Å². The smallest absolute Gasteiger partial charge is 0.290 e. The summed E-state index contributed by atoms with van der Waals surface area (Å²) >= 11 is 0. The lowest BCUT2D eigenvalue weighted by atomic mass is 10.2. The molecule has 1 saturated carbocycles. The van der Waals surface area contributed by atoms with Crippen LogP contribution in [0.5, 0.6) is 11.7 Å². The quantitative estimate of drug-likeness (QED) is 0.891. The molecular formula is C17H19NO4. The van der Waals surface area contributed by atoms with Gasteiger partial charge in [0.1, 0.15) is 5.75 Å². The van der Waals surface area contributed by atoms with Gasteiger partial charge in [-0.05, 0) is 37.0 Å². The van der Waals surface area contributed by atoms with Crippen molar-refractivity contribution in [2.75, 3.05) is 13.6 Å². The van der Waals surface area contributed by atoms with Gasteiger partial charge in [0.25, 0.3) is 11.9 Å². The Labute approximate surface area is 129 Å². The molecule has 116 valence electrons. The van der Waals surface area contributed by atoms with Crippen molar-refractivity contribution in [1.82, 2.24) is 4.90 Å². The highest BCUT2D eigenvalue weighted by Gasteiger charge is 2.31. The third kappa shape index (κ3) is 3.49. The topological polar surface area (TPSA) is 62.9 Å². The number of benzene rings is 1. The molecule has 2 aromatic rings. The minimum Gasteiger partial charge on any atom is -0.426 e. The van der Waals surface area contributed by atoms with Crippen molar-refractivity contribution in [1.29, 1.82) is 0 Å². The van der Waals surface area contributed by atoms with E-state index in [0.717, 1.165) is 12.8 Å². The van der Waals surface area contributed by atoms with Crippen molar-refractivity contribution < 1.29 is 19.1 Å². The number of hydrogen-bond donors (Lipinski definition) is 1. The lowest BCUT2D eigenvalue weighted by molar-refractivity contribution is 0.0613. The van der Waals surface area contributed by atoms with Gasteiger partial charge in [0.15, 0.2) is 5.76 Å². The Morgan fingerprint density at radius 2 is 2.05 bits per heavy atom. The van der Waals surface area contributed by atoms with Crippen LogP contribution in [0.2, 0.25) is 0 Å². The Balaban J connectivity index is 1.61. The number of hydrogen-bond acceptors (Lipinski definition) is 4. The van der Waals surface area contributed by atoms with Crippen LogP contribution in [0.3, 0.4) is 0 Å². The molecule has 1 amide bonds. The zero-order valence-electron chi connectivity index (χ0n) is 12.4. The van der Waals surface area contributed by atoms with Gasteiger partial charge in [-0.2, -0.15) is 0 Å². The number of furan rings is 1. The van der Waals surface area contributed by atoms with Crippen molar-refractivity contribution in [3.8, 4) is 11.7 Å². The van der Waals surface area contributed by atoms with E-state index >= 15 is 0 Å². The van der Waals surface area contributed by atoms with Gasteiger partial charge in [-0.25, -0.2) is 0 Å². The van der Waals surface area contributed by atoms with Crippen molar-refractivity contribution in [3.05, 3.63) is 48.2 Å². The fraction of sp³-hybridized carbons (Fsp3) is 0.353. The number of rotatable bonds is 6. The van der Waals surface area contributed by atoms with Crippen LogP contribution in [0.25, 0.3) is 0 Å². The molecule has 0 spiro atoms. The average Bonchev–Trinajstić information content (AvgIpc) is 3.28. The minimum atomic E-state index is -0.455. The number of carbonyl (C=O) groups excluding carboxylic acids is 1. The fourth-order valence-electron chi connectivity index (χ4n) is 2.28. The Bertz CT molecular complexity index is 633. The Morgan fingerprint density at radius 1 is 1.32 bits per heavy atom. The number of amides is 1. The van der Waals surface area contributed by atoms with Gasteiger partial charge in [-0.15, -0.1) is 0 Å². The van der Waals surface area contributed by atoms with E-state index < -0.39 is 6.10 Å². The van der Waals surface area contributed by atoms with E-state index in [1.54, 1.807) is 19.2 Å². The molecule has 1 aromatic carbocycles. The first kappa shape index (κ1) is 14.7. The fourth-order valence-corrected chi connectivity index (χ4v) is 2.28. The summed E-state index contributed by atoms with van der Waals surface area (Å²) < 4.78 is 11.0. The maximum atomic E-state index is 12.3. The first-order valence-corrected chi connectivity index (χ1v) is 7.40. The molecule has 1 N–H and O–H groups in total. The van der Waals surface area contributed by atoms with Crippen molar-refractivity contribution >= 4 is 5.91 Å². The predicted molar refractivity (Wildman–Crippen MR) is 80.9 cm³/mol. The number of likely N-dealkylation sites (N-methyl/N-ethyl adjacent to an activating group) is 1. The van der Waals surface area contributed by atoms with Crippen LogP contribution in [0.15, 0.2) is 46.9 Å². The largest absolute Gasteiger partial charge is 0.426 e. The van der Waals surface area contributed by atoms with Crippen molar-refractivity contribution in [3.63, 3.8) is 0 Å². The normalized spacial score (nSPS) is 15.4. The van der Waals surface area contributed by atoms with Crippen molar-refractivity contribution in [2.24, 2.45) is 5.92 Å². The number of nitrogens with zero attached hydrogens (tertiary/aromatic N) is 1. The lowest BCUT2D eigenvalue weighted by Gasteiger charge is -2.19. The van der Waals surface area contributed by atoms with Gasteiger partial charge in [-0.1, -0.05) is 18.2 Å². The summed E-state index contributed by atoms with van der Waals surface area (Å²) in [6.07, 6.45) is 1.63. The van der Waals surface area contributed by atoms with Crippen LogP contribution in [0.4, 0.5) is 0 Å². The number of aliphatic hydroxyl groups excluding tert-OH is 1. The predicted octanol–water partition coefficient (Wildman–Crippen LogP) is 2.91. The van der Waals surface area contributed by atoms with Crippen LogP contribution >= 0.6 is 0 Å². The number of para-hydroxylation sites is 1. The van der Waals surface area contributed by atoms with Crippen LogP contribution in [-0.4, -0.2) is 35.6 Å². The van der Waals surface area contributed by atoms with E-state index in [-0.39, 0.29) is 17.6 Å². The van der Waals surface area contributed by atoms with Gasteiger partial charge in [-0.3, -0.25) is 4.79 Å². The van der Waals surface area contributed by atoms with E-state index in [1.165, 1.54) is 4.90 Å². The average molecular weight is 301 g/mol. The van der Waals surface area contributed by atoms with Gasteiger partial charge < -0.3 is 19.2 Å². The second-order valence-electron chi connectivity index (χ2n) is 5.62. The molecule has 0 bridgehead atoms. The SMILES string of the molecule is CN(CC(O)C1CC1)C(=O)c1ccc(Oc2ccccc2)o1. The van der Waals surface area contributed by atoms with Crippen LogP contribution in [0, 0.1) is 5.92 Å². The first-order chi connectivity index (χ1) is 10.6. The van der Waals surface area contributed by atoms with Crippen LogP contribution in [0.1, 0.15) is 23.4 Å². The molecule has 1 unspecified atom stereocenters. The van der Waals surface area contributed by atoms with Gasteiger partial charge in [0.2, 0.25) is 0 Å². The number of ether oxygens (including phenoxy) is 1. The molecule has 0 aliphatic heterocycles. The maximum Gasteiger partial charge on any atom is 0.290 e. The van der Waals surface area contributed by atoms with E-state index in [9.17, 15) is 9.90 Å². The number of carbonyl (C=O) groups is 1. The molecule has 5 nitrogen and oxygen atoms in total. The summed E-state index contributed by atoms with van der Waals surface area (Å²) in [6.45, 7) is 0.319. The Morgan fingerprint density at radius 3 is 2.73 bits per heavy atom. The molecule has 0 radical (unpaired) electrons. The highest BCUT2D eigenvalue weighted by molar-refractivity contribution is 5.91. The van der Waals surface area contributed by atoms with Gasteiger partial charge >= 0.3 is 0 Å². The Hall–Kier alpha value is -2.27. The molecular weight excluding hydrogens is 282 g/mol. The molecule has 1 atom stereocenters. The molecule has 22 heavy (non-hydrogen) atoms. The summed E-state index contributed by atoms with van der Waals surface area (Å²) in [6, 6.07) is 12.4. The molecule has 5 heteroatoms. The van der Waals surface area contributed by atoms with Crippen LogP contribution < -0.4 is 4.74 Å². The first-order valence-electron chi connectivity index (χ1n) is 7.40. The summed E-state index contributed by atoms with van der Waals surface area (Å²) in [5.74, 6) is 1.20. The van der Waals surface area contributed by atoms with E-state index in [2.05, 4.69) is 0 Å². The Kier molecular flexibility index (Phi) is 4.15. The summed E-state index contributed by atoms with van der Waals surface area (Å²) in [5, 5.41) is 9.91.